The molecule has 0 amide bonds. The van der Waals surface area contributed by atoms with E-state index in [4.69, 9.17) is 14.2 Å². The van der Waals surface area contributed by atoms with Crippen LogP contribution in [-0.4, -0.2) is 53.1 Å². The summed E-state index contributed by atoms with van der Waals surface area (Å²) >= 11 is 0. The van der Waals surface area contributed by atoms with Crippen molar-refractivity contribution < 1.29 is 43.6 Å². The maximum Gasteiger partial charge on any atom is 0.382 e. The fourth-order valence-corrected chi connectivity index (χ4v) is 2.26. The summed E-state index contributed by atoms with van der Waals surface area (Å²) in [6.07, 6.45) is -2.48. The second kappa shape index (κ2) is 8.78. The van der Waals surface area contributed by atoms with E-state index >= 15 is 0 Å². The number of hydrogen-bond acceptors (Lipinski definition) is 7. The molecule has 0 aliphatic rings. The van der Waals surface area contributed by atoms with Crippen molar-refractivity contribution in [3.8, 4) is 0 Å². The van der Waals surface area contributed by atoms with Gasteiger partial charge >= 0.3 is 29.7 Å². The Labute approximate surface area is 159 Å². The quantitative estimate of drug-likeness (QED) is 0.510. The molecule has 2 rings (SSSR count). The van der Waals surface area contributed by atoms with Gasteiger partial charge in [0.15, 0.2) is 0 Å². The minimum Gasteiger partial charge on any atom is -0.478 e. The molecule has 146 valence electrons. The largest absolute Gasteiger partial charge is 0.478 e. The van der Waals surface area contributed by atoms with E-state index in [9.17, 15) is 29.4 Å². The third-order valence-electron chi connectivity index (χ3n) is 3.66. The van der Waals surface area contributed by atoms with E-state index in [1.165, 1.54) is 48.5 Å². The van der Waals surface area contributed by atoms with Gasteiger partial charge in [-0.25, -0.2) is 19.2 Å². The van der Waals surface area contributed by atoms with Crippen LogP contribution in [0.25, 0.3) is 0 Å². The van der Waals surface area contributed by atoms with Gasteiger partial charge in [-0.15, -0.1) is 0 Å². The molecule has 0 radical (unpaired) electrons. The Morgan fingerprint density at radius 3 is 1.68 bits per heavy atom. The first-order valence-corrected chi connectivity index (χ1v) is 7.87. The van der Waals surface area contributed by atoms with Crippen molar-refractivity contribution in [3.05, 3.63) is 71.8 Å². The zero-order chi connectivity index (χ0) is 20.7. The normalized spacial score (nSPS) is 13.6. The maximum atomic E-state index is 12.3. The third-order valence-corrected chi connectivity index (χ3v) is 3.66. The first-order valence-electron chi connectivity index (χ1n) is 7.87. The van der Waals surface area contributed by atoms with Gasteiger partial charge in [-0.2, -0.15) is 0 Å². The highest BCUT2D eigenvalue weighted by molar-refractivity contribution is 5.96. The highest BCUT2D eigenvalue weighted by Crippen LogP contribution is 2.25. The molecule has 2 aromatic rings. The van der Waals surface area contributed by atoms with Gasteiger partial charge in [0.1, 0.15) is 0 Å². The molecule has 0 saturated heterocycles. The molecule has 0 heterocycles. The number of carboxylic acids is 2. The van der Waals surface area contributed by atoms with E-state index < -0.39 is 35.8 Å². The van der Waals surface area contributed by atoms with Crippen LogP contribution in [0, 0.1) is 0 Å². The van der Waals surface area contributed by atoms with Gasteiger partial charge in [0.2, 0.25) is 0 Å². The third kappa shape index (κ3) is 4.33. The van der Waals surface area contributed by atoms with Crippen LogP contribution >= 0.6 is 0 Å². The number of benzene rings is 2. The lowest BCUT2D eigenvalue weighted by molar-refractivity contribution is -0.248. The van der Waals surface area contributed by atoms with Crippen molar-refractivity contribution in [2.24, 2.45) is 0 Å². The molecule has 2 atom stereocenters. The minimum atomic E-state index is -3.11. The van der Waals surface area contributed by atoms with Crippen LogP contribution in [0.2, 0.25) is 0 Å². The van der Waals surface area contributed by atoms with Crippen LogP contribution in [0.15, 0.2) is 60.7 Å². The number of ether oxygens (including phenoxy) is 3. The number of esters is 2. The Kier molecular flexibility index (Phi) is 6.46. The second-order valence-corrected chi connectivity index (χ2v) is 5.42. The van der Waals surface area contributed by atoms with Crippen LogP contribution in [0.3, 0.4) is 0 Å². The highest BCUT2D eigenvalue weighted by Gasteiger charge is 2.58. The van der Waals surface area contributed by atoms with Gasteiger partial charge in [0, 0.05) is 7.11 Å². The summed E-state index contributed by atoms with van der Waals surface area (Å²) in [5, 5.41) is 19.0. The zero-order valence-corrected chi connectivity index (χ0v) is 14.6. The molecule has 2 aromatic carbocycles. The lowest BCUT2D eigenvalue weighted by atomic mass is 10.1. The molecule has 9 heteroatoms. The molecule has 9 nitrogen and oxygen atoms in total. The summed E-state index contributed by atoms with van der Waals surface area (Å²) in [6.45, 7) is 0. The number of rotatable bonds is 8. The lowest BCUT2D eigenvalue weighted by Gasteiger charge is -2.31. The van der Waals surface area contributed by atoms with Crippen LogP contribution in [0.1, 0.15) is 20.7 Å². The Hall–Kier alpha value is -3.72. The van der Waals surface area contributed by atoms with Crippen molar-refractivity contribution in [1.29, 1.82) is 0 Å². The van der Waals surface area contributed by atoms with E-state index in [-0.39, 0.29) is 11.1 Å². The topological polar surface area (TPSA) is 136 Å². The average molecular weight is 388 g/mol. The van der Waals surface area contributed by atoms with Gasteiger partial charge < -0.3 is 24.4 Å². The summed E-state index contributed by atoms with van der Waals surface area (Å²) in [5.74, 6) is -9.26. The number of carbonyl (C=O) groups excluding carboxylic acids is 2. The number of aliphatic carboxylic acids is 2. The summed E-state index contributed by atoms with van der Waals surface area (Å²) in [4.78, 5) is 48.0. The molecule has 0 bridgehead atoms. The number of hydrogen-bond donors (Lipinski definition) is 2. The summed E-state index contributed by atoms with van der Waals surface area (Å²) in [6, 6.07) is 14.6. The average Bonchev–Trinajstić information content (AvgIpc) is 2.71. The number of methoxy groups -OCH3 is 1. The maximum absolute atomic E-state index is 12.3. The standard InChI is InChI=1S/C19H16O9/c1-26-19(18(24)25,28-17(23)13-10-6-3-7-11-13)14(15(20)21)27-16(22)12-8-4-2-5-9-12/h2-11,14H,1H3,(H,20,21)(H,24,25). The van der Waals surface area contributed by atoms with Crippen LogP contribution in [-0.2, 0) is 23.8 Å². The van der Waals surface area contributed by atoms with Crippen molar-refractivity contribution in [3.63, 3.8) is 0 Å². The number of carboxylic acid groups (broad SMARTS) is 2. The van der Waals surface area contributed by atoms with Gasteiger partial charge in [0.25, 0.3) is 6.10 Å². The van der Waals surface area contributed by atoms with E-state index in [0.29, 0.717) is 0 Å². The van der Waals surface area contributed by atoms with Crippen LogP contribution in [0.4, 0.5) is 0 Å². The SMILES string of the molecule is COC(OC(=O)c1ccccc1)(C(=O)O)C(OC(=O)c1ccccc1)C(=O)O. The number of carbonyl (C=O) groups is 4. The summed E-state index contributed by atoms with van der Waals surface area (Å²) in [7, 11) is 0.818. The first kappa shape index (κ1) is 20.6. The molecule has 0 saturated carbocycles. The van der Waals surface area contributed by atoms with Gasteiger partial charge in [-0.1, -0.05) is 36.4 Å². The Morgan fingerprint density at radius 2 is 1.29 bits per heavy atom. The fraction of sp³-hybridized carbons (Fsp3) is 0.158. The van der Waals surface area contributed by atoms with Crippen molar-refractivity contribution in [1.82, 2.24) is 0 Å². The molecule has 0 aliphatic heterocycles. The fourth-order valence-electron chi connectivity index (χ4n) is 2.26. The van der Waals surface area contributed by atoms with Crippen molar-refractivity contribution >= 4 is 23.9 Å². The van der Waals surface area contributed by atoms with Crippen molar-refractivity contribution in [2.45, 2.75) is 11.9 Å². The van der Waals surface area contributed by atoms with Gasteiger partial charge in [-0.3, -0.25) is 0 Å². The lowest BCUT2D eigenvalue weighted by Crippen LogP contribution is -2.59. The Morgan fingerprint density at radius 1 is 0.821 bits per heavy atom. The van der Waals surface area contributed by atoms with E-state index in [1.807, 2.05) is 0 Å². The van der Waals surface area contributed by atoms with Crippen LogP contribution in [0.5, 0.6) is 0 Å². The highest BCUT2D eigenvalue weighted by atomic mass is 16.8. The molecule has 0 aromatic heterocycles. The predicted molar refractivity (Wildman–Crippen MR) is 92.5 cm³/mol. The molecule has 2 N–H and O–H groups in total. The monoisotopic (exact) mass is 388 g/mol. The van der Waals surface area contributed by atoms with Gasteiger partial charge in [-0.05, 0) is 24.3 Å². The smallest absolute Gasteiger partial charge is 0.382 e. The predicted octanol–water partition coefficient (Wildman–Crippen LogP) is 1.58. The summed E-state index contributed by atoms with van der Waals surface area (Å²) < 4.78 is 14.5. The van der Waals surface area contributed by atoms with E-state index in [2.05, 4.69) is 0 Å². The summed E-state index contributed by atoms with van der Waals surface area (Å²) in [5.41, 5.74) is -0.0813. The Balaban J connectivity index is 2.38. The van der Waals surface area contributed by atoms with Crippen molar-refractivity contribution in [2.75, 3.05) is 7.11 Å². The van der Waals surface area contributed by atoms with E-state index in [1.54, 1.807) is 12.1 Å². The van der Waals surface area contributed by atoms with Crippen LogP contribution < -0.4 is 0 Å². The second-order valence-electron chi connectivity index (χ2n) is 5.42. The minimum absolute atomic E-state index is 0.0291. The molecule has 0 fully saturated rings. The Bertz CT molecular complexity index is 863. The molecule has 0 spiro atoms. The molecule has 28 heavy (non-hydrogen) atoms. The molecule has 2 unspecified atom stereocenters. The molecule has 0 aliphatic carbocycles. The van der Waals surface area contributed by atoms with E-state index in [0.717, 1.165) is 7.11 Å². The molecular formula is C19H16O9. The van der Waals surface area contributed by atoms with Gasteiger partial charge in [0.05, 0.1) is 11.1 Å². The molecular weight excluding hydrogens is 372 g/mol. The first-order chi connectivity index (χ1) is 13.3. The zero-order valence-electron chi connectivity index (χ0n) is 14.6.